The van der Waals surface area contributed by atoms with Gasteiger partial charge in [-0.15, -0.1) is 0 Å². The third-order valence-corrected chi connectivity index (χ3v) is 4.93. The number of nitrogens with one attached hydrogen (secondary N) is 1. The van der Waals surface area contributed by atoms with E-state index in [4.69, 9.17) is 4.74 Å². The summed E-state index contributed by atoms with van der Waals surface area (Å²) in [6.07, 6.45) is 0.777. The fourth-order valence-electron chi connectivity index (χ4n) is 2.91. The van der Waals surface area contributed by atoms with E-state index >= 15 is 0 Å². The van der Waals surface area contributed by atoms with Gasteiger partial charge in [0.2, 0.25) is 0 Å². The highest BCUT2D eigenvalue weighted by Crippen LogP contribution is 2.36. The van der Waals surface area contributed by atoms with Gasteiger partial charge in [-0.3, -0.25) is 0 Å². The van der Waals surface area contributed by atoms with Crippen molar-refractivity contribution in [3.8, 4) is 5.75 Å². The van der Waals surface area contributed by atoms with Crippen molar-refractivity contribution in [2.24, 2.45) is 0 Å². The van der Waals surface area contributed by atoms with E-state index in [1.165, 1.54) is 6.07 Å². The molecular weight excluding hydrogens is 333 g/mol. The lowest BCUT2D eigenvalue weighted by Crippen LogP contribution is -2.58. The molecule has 0 radical (unpaired) electrons. The SMILES string of the molecule is COc1ccc(Br)c(CC2(c3ccccc3F)CNC2)c1. The minimum absolute atomic E-state index is 0.127. The van der Waals surface area contributed by atoms with Crippen molar-refractivity contribution in [3.63, 3.8) is 0 Å². The molecule has 1 fully saturated rings. The van der Waals surface area contributed by atoms with Gasteiger partial charge in [-0.1, -0.05) is 34.1 Å². The van der Waals surface area contributed by atoms with Gasteiger partial charge >= 0.3 is 0 Å². The normalized spacial score (nSPS) is 16.3. The molecule has 0 saturated carbocycles. The highest BCUT2D eigenvalue weighted by atomic mass is 79.9. The molecule has 0 bridgehead atoms. The van der Waals surface area contributed by atoms with Crippen LogP contribution in [0.3, 0.4) is 0 Å². The van der Waals surface area contributed by atoms with Gasteiger partial charge < -0.3 is 10.1 Å². The van der Waals surface area contributed by atoms with Crippen LogP contribution in [0.15, 0.2) is 46.9 Å². The van der Waals surface area contributed by atoms with Gasteiger partial charge in [-0.2, -0.15) is 0 Å². The van der Waals surface area contributed by atoms with Crippen LogP contribution < -0.4 is 10.1 Å². The van der Waals surface area contributed by atoms with Gasteiger partial charge in [0.1, 0.15) is 11.6 Å². The summed E-state index contributed by atoms with van der Waals surface area (Å²) in [5.74, 6) is 0.696. The molecule has 2 aromatic carbocycles. The van der Waals surface area contributed by atoms with Crippen molar-refractivity contribution >= 4 is 15.9 Å². The minimum Gasteiger partial charge on any atom is -0.497 e. The first-order valence-electron chi connectivity index (χ1n) is 6.93. The van der Waals surface area contributed by atoms with Crippen molar-refractivity contribution in [2.45, 2.75) is 11.8 Å². The minimum atomic E-state index is -0.180. The molecule has 3 rings (SSSR count). The van der Waals surface area contributed by atoms with Crippen molar-refractivity contribution in [1.82, 2.24) is 5.32 Å². The Morgan fingerprint density at radius 2 is 2.00 bits per heavy atom. The lowest BCUT2D eigenvalue weighted by atomic mass is 9.71. The van der Waals surface area contributed by atoms with Crippen LogP contribution >= 0.6 is 15.9 Å². The molecule has 2 nitrogen and oxygen atoms in total. The van der Waals surface area contributed by atoms with Crippen molar-refractivity contribution < 1.29 is 9.13 Å². The maximum atomic E-state index is 14.2. The van der Waals surface area contributed by atoms with E-state index in [1.807, 2.05) is 30.3 Å². The number of ether oxygens (including phenoxy) is 1. The largest absolute Gasteiger partial charge is 0.497 e. The average Bonchev–Trinajstić information content (AvgIpc) is 2.46. The lowest BCUT2D eigenvalue weighted by Gasteiger charge is -2.43. The van der Waals surface area contributed by atoms with E-state index in [1.54, 1.807) is 13.2 Å². The smallest absolute Gasteiger partial charge is 0.127 e. The van der Waals surface area contributed by atoms with Crippen LogP contribution in [0.25, 0.3) is 0 Å². The van der Waals surface area contributed by atoms with E-state index < -0.39 is 0 Å². The average molecular weight is 350 g/mol. The summed E-state index contributed by atoms with van der Waals surface area (Å²) in [4.78, 5) is 0. The van der Waals surface area contributed by atoms with Crippen LogP contribution in [0.1, 0.15) is 11.1 Å². The summed E-state index contributed by atoms with van der Waals surface area (Å²) in [7, 11) is 1.66. The first-order chi connectivity index (χ1) is 10.1. The summed E-state index contributed by atoms with van der Waals surface area (Å²) in [6.45, 7) is 1.58. The summed E-state index contributed by atoms with van der Waals surface area (Å²) >= 11 is 3.59. The van der Waals surface area contributed by atoms with E-state index in [0.29, 0.717) is 0 Å². The molecule has 1 aliphatic heterocycles. The predicted octanol–water partition coefficient (Wildman–Crippen LogP) is 3.68. The van der Waals surface area contributed by atoms with Crippen LogP contribution in [0, 0.1) is 5.82 Å². The molecule has 0 aliphatic carbocycles. The van der Waals surface area contributed by atoms with Gasteiger partial charge in [-0.05, 0) is 41.8 Å². The van der Waals surface area contributed by atoms with Gasteiger partial charge in [0.05, 0.1) is 7.11 Å². The highest BCUT2D eigenvalue weighted by molar-refractivity contribution is 9.10. The number of benzene rings is 2. The molecule has 0 spiro atoms. The molecule has 0 unspecified atom stereocenters. The van der Waals surface area contributed by atoms with E-state index in [2.05, 4.69) is 21.2 Å². The highest BCUT2D eigenvalue weighted by Gasteiger charge is 2.40. The molecular formula is C17H17BrFNO. The lowest BCUT2D eigenvalue weighted by molar-refractivity contribution is 0.265. The molecule has 2 aromatic rings. The molecule has 1 saturated heterocycles. The standard InChI is InChI=1S/C17H17BrFNO/c1-21-13-6-7-15(18)12(8-13)9-17(10-20-11-17)14-4-2-3-5-16(14)19/h2-8,20H,9-11H2,1H3. The van der Waals surface area contributed by atoms with E-state index in [9.17, 15) is 4.39 Å². The van der Waals surface area contributed by atoms with Crippen molar-refractivity contribution in [2.75, 3.05) is 20.2 Å². The number of hydrogen-bond donors (Lipinski definition) is 1. The fraction of sp³-hybridized carbons (Fsp3) is 0.294. The second kappa shape index (κ2) is 5.78. The molecule has 0 aromatic heterocycles. The predicted molar refractivity (Wildman–Crippen MR) is 85.3 cm³/mol. The quantitative estimate of drug-likeness (QED) is 0.908. The van der Waals surface area contributed by atoms with Gasteiger partial charge in [0.25, 0.3) is 0 Å². The Morgan fingerprint density at radius 3 is 2.62 bits per heavy atom. The number of methoxy groups -OCH3 is 1. The number of rotatable bonds is 4. The molecule has 21 heavy (non-hydrogen) atoms. The van der Waals surface area contributed by atoms with E-state index in [0.717, 1.165) is 40.9 Å². The Kier molecular flexibility index (Phi) is 4.00. The van der Waals surface area contributed by atoms with Crippen LogP contribution in [0.2, 0.25) is 0 Å². The third kappa shape index (κ3) is 2.70. The molecule has 4 heteroatoms. The molecule has 110 valence electrons. The Bertz CT molecular complexity index is 655. The van der Waals surface area contributed by atoms with Gasteiger partial charge in [-0.25, -0.2) is 4.39 Å². The molecule has 1 aliphatic rings. The molecule has 0 atom stereocenters. The van der Waals surface area contributed by atoms with Crippen LogP contribution in [-0.2, 0) is 11.8 Å². The summed E-state index contributed by atoms with van der Waals surface area (Å²) < 4.78 is 20.5. The Hall–Kier alpha value is -1.39. The molecule has 0 amide bonds. The number of hydrogen-bond acceptors (Lipinski definition) is 2. The third-order valence-electron chi connectivity index (χ3n) is 4.15. The van der Waals surface area contributed by atoms with Crippen LogP contribution in [-0.4, -0.2) is 20.2 Å². The van der Waals surface area contributed by atoms with E-state index in [-0.39, 0.29) is 11.2 Å². The fourth-order valence-corrected chi connectivity index (χ4v) is 3.29. The summed E-state index contributed by atoms with van der Waals surface area (Å²) in [5, 5.41) is 3.28. The number of halogens is 2. The van der Waals surface area contributed by atoms with Crippen molar-refractivity contribution in [1.29, 1.82) is 0 Å². The Morgan fingerprint density at radius 1 is 1.24 bits per heavy atom. The summed E-state index contributed by atoms with van der Waals surface area (Å²) in [5.41, 5.74) is 1.75. The maximum Gasteiger partial charge on any atom is 0.127 e. The molecule has 1 N–H and O–H groups in total. The first kappa shape index (κ1) is 14.5. The first-order valence-corrected chi connectivity index (χ1v) is 7.72. The zero-order chi connectivity index (χ0) is 14.9. The van der Waals surface area contributed by atoms with Crippen molar-refractivity contribution in [3.05, 3.63) is 63.9 Å². The zero-order valence-electron chi connectivity index (χ0n) is 11.8. The Balaban J connectivity index is 1.97. The monoisotopic (exact) mass is 349 g/mol. The van der Waals surface area contributed by atoms with Crippen LogP contribution in [0.5, 0.6) is 5.75 Å². The second-order valence-electron chi connectivity index (χ2n) is 5.50. The van der Waals surface area contributed by atoms with Gasteiger partial charge in [0.15, 0.2) is 0 Å². The second-order valence-corrected chi connectivity index (χ2v) is 6.35. The summed E-state index contributed by atoms with van der Waals surface area (Å²) in [6, 6.07) is 13.0. The van der Waals surface area contributed by atoms with Crippen LogP contribution in [0.4, 0.5) is 4.39 Å². The topological polar surface area (TPSA) is 21.3 Å². The zero-order valence-corrected chi connectivity index (χ0v) is 13.4. The molecule has 1 heterocycles. The maximum absolute atomic E-state index is 14.2. The van der Waals surface area contributed by atoms with Gasteiger partial charge in [0, 0.05) is 23.0 Å². The Labute approximate surface area is 132 Å².